The van der Waals surface area contributed by atoms with E-state index in [2.05, 4.69) is 54.2 Å². The maximum absolute atomic E-state index is 12.3. The number of hydrogen-bond acceptors (Lipinski definition) is 2. The van der Waals surface area contributed by atoms with Gasteiger partial charge in [-0.05, 0) is 50.0 Å². The van der Waals surface area contributed by atoms with Gasteiger partial charge in [0.25, 0.3) is 0 Å². The van der Waals surface area contributed by atoms with Crippen molar-refractivity contribution in [2.24, 2.45) is 10.8 Å². The smallest absolute Gasteiger partial charge is 0.188 e. The lowest BCUT2D eigenvalue weighted by molar-refractivity contribution is -0.112. The van der Waals surface area contributed by atoms with Crippen molar-refractivity contribution in [1.82, 2.24) is 0 Å². The number of allylic oxidation sites excluding steroid dienone is 6. The zero-order chi connectivity index (χ0) is 18.2. The van der Waals surface area contributed by atoms with Crippen molar-refractivity contribution < 1.29 is 9.90 Å². The third kappa shape index (κ3) is 4.46. The molecule has 0 aromatic heterocycles. The van der Waals surface area contributed by atoms with Crippen molar-refractivity contribution in [2.45, 2.75) is 68.2 Å². The van der Waals surface area contributed by atoms with Crippen LogP contribution in [0.3, 0.4) is 0 Å². The number of ketones is 1. The maximum Gasteiger partial charge on any atom is 0.188 e. The molecule has 2 heteroatoms. The van der Waals surface area contributed by atoms with Crippen LogP contribution in [-0.2, 0) is 4.79 Å². The van der Waals surface area contributed by atoms with E-state index in [1.165, 1.54) is 5.57 Å². The molecule has 0 saturated heterocycles. The maximum atomic E-state index is 12.3. The van der Waals surface area contributed by atoms with Crippen molar-refractivity contribution in [1.29, 1.82) is 0 Å². The highest BCUT2D eigenvalue weighted by atomic mass is 16.3. The van der Waals surface area contributed by atoms with Crippen molar-refractivity contribution in [3.8, 4) is 0 Å². The number of hydrogen-bond donors (Lipinski definition) is 1. The van der Waals surface area contributed by atoms with Gasteiger partial charge < -0.3 is 5.11 Å². The van der Waals surface area contributed by atoms with Crippen LogP contribution in [0, 0.1) is 10.8 Å². The average molecular weight is 316 g/mol. The molecule has 1 aliphatic carbocycles. The van der Waals surface area contributed by atoms with Crippen LogP contribution < -0.4 is 0 Å². The van der Waals surface area contributed by atoms with E-state index in [4.69, 9.17) is 0 Å². The molecule has 0 heterocycles. The SMILES string of the molecule is C=C1C(=O)C(C)=C(C)C(O)=C1C(C)(C)C/C=C(\C)CC(C)(C)C. The Labute approximate surface area is 141 Å². The van der Waals surface area contributed by atoms with Crippen LogP contribution in [0.5, 0.6) is 0 Å². The lowest BCUT2D eigenvalue weighted by Gasteiger charge is -2.32. The first-order valence-corrected chi connectivity index (χ1v) is 8.29. The van der Waals surface area contributed by atoms with Gasteiger partial charge in [0.2, 0.25) is 0 Å². The van der Waals surface area contributed by atoms with Crippen LogP contribution in [-0.4, -0.2) is 10.9 Å². The Morgan fingerprint density at radius 3 is 2.13 bits per heavy atom. The highest BCUT2D eigenvalue weighted by Gasteiger charge is 2.35. The molecule has 1 aliphatic rings. The Bertz CT molecular complexity index is 617. The number of aliphatic hydroxyl groups excluding tert-OH is 1. The van der Waals surface area contributed by atoms with Gasteiger partial charge in [0.1, 0.15) is 5.76 Å². The first kappa shape index (κ1) is 19.5. The van der Waals surface area contributed by atoms with E-state index in [9.17, 15) is 9.90 Å². The summed E-state index contributed by atoms with van der Waals surface area (Å²) in [5.74, 6) is 0.165. The first-order valence-electron chi connectivity index (χ1n) is 8.29. The Morgan fingerprint density at radius 2 is 1.65 bits per heavy atom. The largest absolute Gasteiger partial charge is 0.507 e. The van der Waals surface area contributed by atoms with Gasteiger partial charge in [0.05, 0.1) is 0 Å². The number of carbonyl (C=O) groups excluding carboxylic acids is 1. The predicted molar refractivity (Wildman–Crippen MR) is 98.4 cm³/mol. The Balaban J connectivity index is 3.15. The van der Waals surface area contributed by atoms with Crippen LogP contribution in [0.25, 0.3) is 0 Å². The topological polar surface area (TPSA) is 37.3 Å². The molecule has 2 nitrogen and oxygen atoms in total. The molecule has 0 aromatic carbocycles. The van der Waals surface area contributed by atoms with Crippen LogP contribution in [0.2, 0.25) is 0 Å². The Morgan fingerprint density at radius 1 is 1.13 bits per heavy atom. The predicted octanol–water partition coefficient (Wildman–Crippen LogP) is 6.07. The normalized spacial score (nSPS) is 18.2. The molecule has 0 spiro atoms. The van der Waals surface area contributed by atoms with Crippen molar-refractivity contribution in [3.63, 3.8) is 0 Å². The molecule has 0 unspecified atom stereocenters. The second-order valence-electron chi connectivity index (χ2n) is 8.66. The van der Waals surface area contributed by atoms with Gasteiger partial charge in [-0.2, -0.15) is 0 Å². The Hall–Kier alpha value is -1.57. The highest BCUT2D eigenvalue weighted by molar-refractivity contribution is 6.13. The van der Waals surface area contributed by atoms with E-state index < -0.39 is 0 Å². The molecule has 0 aliphatic heterocycles. The molecule has 0 aromatic rings. The van der Waals surface area contributed by atoms with E-state index in [1.807, 2.05) is 0 Å². The second kappa shape index (κ2) is 6.51. The van der Waals surface area contributed by atoms with E-state index >= 15 is 0 Å². The van der Waals surface area contributed by atoms with E-state index in [0.29, 0.717) is 22.3 Å². The van der Waals surface area contributed by atoms with Crippen LogP contribution in [0.15, 0.2) is 46.3 Å². The van der Waals surface area contributed by atoms with E-state index in [0.717, 1.165) is 12.8 Å². The minimum atomic E-state index is -0.335. The van der Waals surface area contributed by atoms with Crippen LogP contribution >= 0.6 is 0 Å². The number of rotatable bonds is 4. The van der Waals surface area contributed by atoms with Crippen LogP contribution in [0.4, 0.5) is 0 Å². The Kier molecular flexibility index (Phi) is 5.51. The molecule has 128 valence electrons. The minimum absolute atomic E-state index is 0.0567. The summed E-state index contributed by atoms with van der Waals surface area (Å²) < 4.78 is 0. The summed E-state index contributed by atoms with van der Waals surface area (Å²) in [4.78, 5) is 12.3. The fourth-order valence-electron chi connectivity index (χ4n) is 3.19. The van der Waals surface area contributed by atoms with Gasteiger partial charge in [-0.25, -0.2) is 0 Å². The second-order valence-corrected chi connectivity index (χ2v) is 8.66. The molecule has 0 radical (unpaired) electrons. The molecular formula is C21H32O2. The molecule has 0 amide bonds. The highest BCUT2D eigenvalue weighted by Crippen LogP contribution is 2.43. The summed E-state index contributed by atoms with van der Waals surface area (Å²) in [6.45, 7) is 20.4. The third-order valence-electron chi connectivity index (χ3n) is 4.52. The summed E-state index contributed by atoms with van der Waals surface area (Å²) in [7, 11) is 0. The van der Waals surface area contributed by atoms with Crippen LogP contribution in [0.1, 0.15) is 68.2 Å². The van der Waals surface area contributed by atoms with Gasteiger partial charge in [-0.1, -0.05) is 52.8 Å². The third-order valence-corrected chi connectivity index (χ3v) is 4.52. The lowest BCUT2D eigenvalue weighted by atomic mass is 9.71. The molecule has 23 heavy (non-hydrogen) atoms. The molecule has 0 atom stereocenters. The minimum Gasteiger partial charge on any atom is -0.507 e. The molecule has 0 fully saturated rings. The molecule has 1 N–H and O–H groups in total. The molecule has 0 saturated carbocycles. The standard InChI is InChI=1S/C21H32O2/c1-13(12-20(5,6)7)10-11-21(8,9)17-16(4)18(22)14(2)15(3)19(17)23/h10,23H,4,11-12H2,1-3,5-9H3/b13-10+. The molecule has 0 bridgehead atoms. The van der Waals surface area contributed by atoms with Gasteiger partial charge in [0, 0.05) is 16.7 Å². The van der Waals surface area contributed by atoms with Crippen molar-refractivity contribution in [2.75, 3.05) is 0 Å². The summed E-state index contributed by atoms with van der Waals surface area (Å²) in [6, 6.07) is 0. The number of aliphatic hydroxyl groups is 1. The zero-order valence-electron chi connectivity index (χ0n) is 16.1. The average Bonchev–Trinajstić information content (AvgIpc) is 2.39. The van der Waals surface area contributed by atoms with Gasteiger partial charge >= 0.3 is 0 Å². The molecule has 1 rings (SSSR count). The van der Waals surface area contributed by atoms with Gasteiger partial charge in [-0.3, -0.25) is 4.79 Å². The van der Waals surface area contributed by atoms with Gasteiger partial charge in [0.15, 0.2) is 5.78 Å². The monoisotopic (exact) mass is 316 g/mol. The van der Waals surface area contributed by atoms with Crippen molar-refractivity contribution in [3.05, 3.63) is 46.3 Å². The summed E-state index contributed by atoms with van der Waals surface area (Å²) in [5, 5.41) is 10.6. The first-order chi connectivity index (χ1) is 10.3. The quantitative estimate of drug-likeness (QED) is 0.504. The van der Waals surface area contributed by atoms with Crippen molar-refractivity contribution >= 4 is 5.78 Å². The summed E-state index contributed by atoms with van der Waals surface area (Å²) in [6.07, 6.45) is 4.03. The fraction of sp³-hybridized carbons (Fsp3) is 0.571. The lowest BCUT2D eigenvalue weighted by Crippen LogP contribution is -2.25. The zero-order valence-corrected chi connectivity index (χ0v) is 16.1. The molecular weight excluding hydrogens is 284 g/mol. The number of Topliss-reactive ketones (excluding diaryl/α,β-unsaturated/α-hetero) is 1. The van der Waals surface area contributed by atoms with E-state index in [1.54, 1.807) is 13.8 Å². The van der Waals surface area contributed by atoms with Gasteiger partial charge in [-0.15, -0.1) is 0 Å². The summed E-state index contributed by atoms with van der Waals surface area (Å²) in [5.41, 5.74) is 3.63. The van der Waals surface area contributed by atoms with E-state index in [-0.39, 0.29) is 22.4 Å². The summed E-state index contributed by atoms with van der Waals surface area (Å²) >= 11 is 0. The fourth-order valence-corrected chi connectivity index (χ4v) is 3.19. The number of carbonyl (C=O) groups is 1.